The molecule has 0 saturated heterocycles. The van der Waals surface area contributed by atoms with Gasteiger partial charge in [-0.1, -0.05) is 12.1 Å². The van der Waals surface area contributed by atoms with Gasteiger partial charge in [0.15, 0.2) is 0 Å². The molecular formula is C14H9N3O. The van der Waals surface area contributed by atoms with Gasteiger partial charge in [-0.2, -0.15) is 5.26 Å². The molecule has 86 valence electrons. The highest BCUT2D eigenvalue weighted by Gasteiger charge is 2.15. The highest BCUT2D eigenvalue weighted by molar-refractivity contribution is 5.80. The van der Waals surface area contributed by atoms with E-state index in [2.05, 4.69) is 4.98 Å². The van der Waals surface area contributed by atoms with Gasteiger partial charge in [-0.05, 0) is 24.3 Å². The van der Waals surface area contributed by atoms with Gasteiger partial charge in [0.1, 0.15) is 17.3 Å². The summed E-state index contributed by atoms with van der Waals surface area (Å²) in [4.78, 5) is 16.4. The van der Waals surface area contributed by atoms with Crippen LogP contribution in [0.15, 0.2) is 41.2 Å². The number of rotatable bonds is 0. The molecule has 2 aliphatic rings. The molecule has 4 nitrogen and oxygen atoms in total. The fourth-order valence-corrected chi connectivity index (χ4v) is 2.12. The Morgan fingerprint density at radius 3 is 2.78 bits per heavy atom. The van der Waals surface area contributed by atoms with Crippen LogP contribution in [-0.2, 0) is 7.05 Å². The summed E-state index contributed by atoms with van der Waals surface area (Å²) in [7, 11) is 1.89. The van der Waals surface area contributed by atoms with Crippen LogP contribution in [-0.4, -0.2) is 9.55 Å². The van der Waals surface area contributed by atoms with Crippen LogP contribution in [0.3, 0.4) is 0 Å². The number of hydrogen-bond acceptors (Lipinski definition) is 3. The lowest BCUT2D eigenvalue weighted by Gasteiger charge is -2.13. The van der Waals surface area contributed by atoms with E-state index >= 15 is 0 Å². The Morgan fingerprint density at radius 1 is 1.22 bits per heavy atom. The molecule has 0 saturated carbocycles. The van der Waals surface area contributed by atoms with Gasteiger partial charge in [0, 0.05) is 7.05 Å². The third-order valence-electron chi connectivity index (χ3n) is 3.07. The second-order valence-electron chi connectivity index (χ2n) is 4.08. The Balaban J connectivity index is 2.57. The van der Waals surface area contributed by atoms with Gasteiger partial charge < -0.3 is 4.57 Å². The summed E-state index contributed by atoms with van der Waals surface area (Å²) in [6.45, 7) is 0. The van der Waals surface area contributed by atoms with Gasteiger partial charge in [0.25, 0.3) is 0 Å². The zero-order chi connectivity index (χ0) is 12.7. The number of aryl methyl sites for hydroxylation is 1. The minimum absolute atomic E-state index is 0.130. The summed E-state index contributed by atoms with van der Waals surface area (Å²) >= 11 is 0. The molecule has 0 N–H and O–H groups in total. The third kappa shape index (κ3) is 1.31. The Hall–Kier alpha value is -2.67. The second-order valence-corrected chi connectivity index (χ2v) is 4.08. The zero-order valence-corrected chi connectivity index (χ0v) is 9.71. The Bertz CT molecular complexity index is 827. The van der Waals surface area contributed by atoms with E-state index in [9.17, 15) is 4.79 Å². The number of benzene rings is 2. The van der Waals surface area contributed by atoms with Crippen molar-refractivity contribution in [2.24, 2.45) is 7.05 Å². The number of nitrogens with zero attached hydrogens (tertiary/aromatic N) is 3. The van der Waals surface area contributed by atoms with Gasteiger partial charge in [-0.15, -0.1) is 0 Å². The summed E-state index contributed by atoms with van der Waals surface area (Å²) in [5, 5.41) is 8.88. The molecule has 0 amide bonds. The topological polar surface area (TPSA) is 58.7 Å². The largest absolute Gasteiger partial charge is 0.341 e. The maximum Gasteiger partial charge on any atom is 0.224 e. The van der Waals surface area contributed by atoms with Crippen molar-refractivity contribution in [2.75, 3.05) is 0 Å². The molecule has 1 aliphatic heterocycles. The average Bonchev–Trinajstić information content (AvgIpc) is 2.40. The molecular weight excluding hydrogens is 226 g/mol. The van der Waals surface area contributed by atoms with Crippen molar-refractivity contribution in [3.63, 3.8) is 0 Å². The Kier molecular flexibility index (Phi) is 2.14. The van der Waals surface area contributed by atoms with E-state index < -0.39 is 0 Å². The SMILES string of the molecule is Cn1c2ccc(C#N)c(=O)c-2nc2ccccc21. The summed E-state index contributed by atoms with van der Waals surface area (Å²) in [6, 6.07) is 12.8. The van der Waals surface area contributed by atoms with Crippen LogP contribution < -0.4 is 5.43 Å². The van der Waals surface area contributed by atoms with Crippen molar-refractivity contribution in [3.8, 4) is 17.5 Å². The van der Waals surface area contributed by atoms with Crippen LogP contribution in [0.4, 0.5) is 0 Å². The molecule has 1 heterocycles. The lowest BCUT2D eigenvalue weighted by atomic mass is 10.1. The number of fused-ring (bicyclic) bond motifs is 2. The van der Waals surface area contributed by atoms with Crippen LogP contribution in [0.5, 0.6) is 0 Å². The van der Waals surface area contributed by atoms with Crippen LogP contribution in [0.2, 0.25) is 0 Å². The van der Waals surface area contributed by atoms with E-state index in [1.165, 1.54) is 0 Å². The van der Waals surface area contributed by atoms with Crippen LogP contribution in [0.25, 0.3) is 22.4 Å². The smallest absolute Gasteiger partial charge is 0.224 e. The van der Waals surface area contributed by atoms with Crippen LogP contribution in [0, 0.1) is 11.3 Å². The predicted octanol–water partition coefficient (Wildman–Crippen LogP) is 1.91. The van der Waals surface area contributed by atoms with Crippen molar-refractivity contribution in [1.29, 1.82) is 5.26 Å². The molecule has 1 aromatic rings. The molecule has 3 rings (SSSR count). The monoisotopic (exact) mass is 235 g/mol. The standard InChI is InChI=1S/C14H9N3O/c1-17-11-5-3-2-4-10(11)16-13-12(17)7-6-9(8-15)14(13)18/h2-7H,1H3. The first kappa shape index (κ1) is 10.5. The maximum absolute atomic E-state index is 12.1. The van der Waals surface area contributed by atoms with E-state index in [-0.39, 0.29) is 11.0 Å². The molecule has 0 spiro atoms. The molecule has 1 aliphatic carbocycles. The fourth-order valence-electron chi connectivity index (χ4n) is 2.12. The van der Waals surface area contributed by atoms with E-state index in [0.29, 0.717) is 5.69 Å². The quantitative estimate of drug-likeness (QED) is 0.559. The van der Waals surface area contributed by atoms with Crippen LogP contribution >= 0.6 is 0 Å². The average molecular weight is 235 g/mol. The van der Waals surface area contributed by atoms with E-state index in [1.807, 2.05) is 41.9 Å². The first-order valence-electron chi connectivity index (χ1n) is 5.51. The summed E-state index contributed by atoms with van der Waals surface area (Å²) in [5.41, 5.74) is 2.60. The van der Waals surface area contributed by atoms with E-state index in [1.54, 1.807) is 12.1 Å². The molecule has 4 heteroatoms. The minimum atomic E-state index is -0.309. The molecule has 0 bridgehead atoms. The number of nitriles is 1. The van der Waals surface area contributed by atoms with E-state index in [0.717, 1.165) is 16.7 Å². The summed E-state index contributed by atoms with van der Waals surface area (Å²) < 4.78 is 1.92. The highest BCUT2D eigenvalue weighted by atomic mass is 16.1. The van der Waals surface area contributed by atoms with Crippen molar-refractivity contribution >= 4 is 11.0 Å². The molecule has 0 unspecified atom stereocenters. The van der Waals surface area contributed by atoms with Gasteiger partial charge in [0.05, 0.1) is 16.7 Å². The molecule has 0 aromatic heterocycles. The van der Waals surface area contributed by atoms with Crippen molar-refractivity contribution in [3.05, 3.63) is 52.2 Å². The third-order valence-corrected chi connectivity index (χ3v) is 3.07. The summed E-state index contributed by atoms with van der Waals surface area (Å²) in [6.07, 6.45) is 0. The molecule has 0 fully saturated rings. The summed E-state index contributed by atoms with van der Waals surface area (Å²) in [5.74, 6) is 0. The Labute approximate surface area is 103 Å². The van der Waals surface area contributed by atoms with Crippen molar-refractivity contribution in [1.82, 2.24) is 9.55 Å². The molecule has 18 heavy (non-hydrogen) atoms. The second kappa shape index (κ2) is 3.67. The molecule has 0 radical (unpaired) electrons. The highest BCUT2D eigenvalue weighted by Crippen LogP contribution is 2.21. The number of hydrogen-bond donors (Lipinski definition) is 0. The maximum atomic E-state index is 12.1. The van der Waals surface area contributed by atoms with Gasteiger partial charge >= 0.3 is 0 Å². The van der Waals surface area contributed by atoms with Crippen molar-refractivity contribution < 1.29 is 0 Å². The van der Waals surface area contributed by atoms with E-state index in [4.69, 9.17) is 5.26 Å². The first-order valence-corrected chi connectivity index (χ1v) is 5.51. The number of aromatic nitrogens is 2. The zero-order valence-electron chi connectivity index (χ0n) is 9.71. The molecule has 1 aromatic carbocycles. The number of para-hydroxylation sites is 2. The molecule has 0 atom stereocenters. The van der Waals surface area contributed by atoms with Gasteiger partial charge in [-0.25, -0.2) is 4.98 Å². The first-order chi connectivity index (χ1) is 8.72. The van der Waals surface area contributed by atoms with Crippen molar-refractivity contribution in [2.45, 2.75) is 0 Å². The van der Waals surface area contributed by atoms with Gasteiger partial charge in [-0.3, -0.25) is 4.79 Å². The lowest BCUT2D eigenvalue weighted by molar-refractivity contribution is 0.943. The normalized spacial score (nSPS) is 10.7. The Morgan fingerprint density at radius 2 is 2.00 bits per heavy atom. The fraction of sp³-hybridized carbons (Fsp3) is 0.0714. The lowest BCUT2D eigenvalue weighted by Crippen LogP contribution is -2.15. The van der Waals surface area contributed by atoms with Crippen LogP contribution in [0.1, 0.15) is 5.56 Å². The predicted molar refractivity (Wildman–Crippen MR) is 68.3 cm³/mol. The minimum Gasteiger partial charge on any atom is -0.341 e. The van der Waals surface area contributed by atoms with Gasteiger partial charge in [0.2, 0.25) is 5.43 Å².